The van der Waals surface area contributed by atoms with E-state index in [1.807, 2.05) is 27.0 Å². The highest BCUT2D eigenvalue weighted by Crippen LogP contribution is 2.40. The van der Waals surface area contributed by atoms with E-state index in [1.54, 1.807) is 15.9 Å². The summed E-state index contributed by atoms with van der Waals surface area (Å²) in [4.78, 5) is 37.2. The Hall–Kier alpha value is -4.29. The van der Waals surface area contributed by atoms with Gasteiger partial charge in [-0.3, -0.25) is 14.5 Å². The molecule has 3 aromatic rings. The molecule has 2 atom stereocenters. The molecule has 9 nitrogen and oxygen atoms in total. The lowest BCUT2D eigenvalue weighted by Crippen LogP contribution is -2.55. The van der Waals surface area contributed by atoms with Gasteiger partial charge in [-0.05, 0) is 32.9 Å². The number of nitrogens with one attached hydrogen (secondary N) is 2. The van der Waals surface area contributed by atoms with Crippen molar-refractivity contribution in [2.24, 2.45) is 0 Å². The molecule has 0 saturated carbocycles. The molecule has 1 fully saturated rings. The fraction of sp³-hybridized carbons (Fsp3) is 0.379. The highest BCUT2D eigenvalue weighted by molar-refractivity contribution is 7.16. The number of likely N-dealkylation sites (N-methyl/N-ethyl adjacent to an activating group) is 1. The Labute approximate surface area is 253 Å². The van der Waals surface area contributed by atoms with Crippen LogP contribution in [-0.4, -0.2) is 66.1 Å². The largest absolute Gasteiger partial charge is 0.417 e. The molecule has 2 aliphatic rings. The number of halogens is 5. The summed E-state index contributed by atoms with van der Waals surface area (Å²) in [6, 6.07) is 3.26. The number of aromatic nitrogens is 2. The third-order valence-corrected chi connectivity index (χ3v) is 8.92. The highest BCUT2D eigenvalue weighted by Gasteiger charge is 2.37. The summed E-state index contributed by atoms with van der Waals surface area (Å²) in [5, 5.41) is 11.9. The van der Waals surface area contributed by atoms with Gasteiger partial charge in [0.2, 0.25) is 5.56 Å². The standard InChI is InChI=1S/C29H28F5N7O2S/c1-15-12-41(13-16(2)39(15)3)22-8-21(30)24(17-5-4-6-40(14-17)28-37-10-18(9-35)44-28)25(31)26(22)38-27(43)19-11-36-23(42)7-20(19)29(32,33)34/h5,7-8,10-11,15-16H,4,6,12-14H2,1-3H3,(H,36,42)(H,38,43). The van der Waals surface area contributed by atoms with E-state index in [9.17, 15) is 22.8 Å². The summed E-state index contributed by atoms with van der Waals surface area (Å²) in [6.45, 7) is 5.04. The van der Waals surface area contributed by atoms with Crippen LogP contribution < -0.4 is 20.7 Å². The number of rotatable bonds is 5. The van der Waals surface area contributed by atoms with Crippen molar-refractivity contribution >= 4 is 39.3 Å². The van der Waals surface area contributed by atoms with Crippen LogP contribution in [0.2, 0.25) is 0 Å². The molecule has 0 radical (unpaired) electrons. The molecule has 2 aliphatic heterocycles. The lowest BCUT2D eigenvalue weighted by Gasteiger charge is -2.44. The predicted molar refractivity (Wildman–Crippen MR) is 157 cm³/mol. The SMILES string of the molecule is CC1CN(c2cc(F)c(C3=CCCN(c4ncc(C#N)s4)C3)c(F)c2NC(=O)c2c[nH]c(=O)cc2C(F)(F)F)CC(C)N1C. The van der Waals surface area contributed by atoms with Crippen molar-refractivity contribution in [1.29, 1.82) is 5.26 Å². The molecule has 0 aliphatic carbocycles. The van der Waals surface area contributed by atoms with Crippen LogP contribution >= 0.6 is 11.3 Å². The Morgan fingerprint density at radius 2 is 1.89 bits per heavy atom. The second-order valence-corrected chi connectivity index (χ2v) is 11.9. The van der Waals surface area contributed by atoms with Crippen molar-refractivity contribution in [2.75, 3.05) is 48.3 Å². The summed E-state index contributed by atoms with van der Waals surface area (Å²) in [7, 11) is 1.91. The molecule has 2 aromatic heterocycles. The molecular formula is C29H28F5N7O2S. The van der Waals surface area contributed by atoms with Gasteiger partial charge in [0, 0.05) is 56.6 Å². The number of H-pyrrole nitrogens is 1. The summed E-state index contributed by atoms with van der Waals surface area (Å²) < 4.78 is 73.8. The van der Waals surface area contributed by atoms with Gasteiger partial charge in [0.25, 0.3) is 5.91 Å². The Morgan fingerprint density at radius 3 is 2.52 bits per heavy atom. The first-order valence-corrected chi connectivity index (χ1v) is 14.5. The molecule has 15 heteroatoms. The van der Waals surface area contributed by atoms with Crippen LogP contribution in [0.5, 0.6) is 0 Å². The van der Waals surface area contributed by atoms with Gasteiger partial charge in [-0.25, -0.2) is 13.8 Å². The maximum absolute atomic E-state index is 16.6. The molecule has 0 spiro atoms. The van der Waals surface area contributed by atoms with Gasteiger partial charge in [-0.1, -0.05) is 17.4 Å². The number of thiazole rings is 1. The molecular weight excluding hydrogens is 605 g/mol. The van der Waals surface area contributed by atoms with Crippen LogP contribution in [0.15, 0.2) is 35.4 Å². The fourth-order valence-electron chi connectivity index (χ4n) is 5.50. The van der Waals surface area contributed by atoms with Crippen molar-refractivity contribution < 1.29 is 26.7 Å². The molecule has 5 rings (SSSR count). The van der Waals surface area contributed by atoms with Gasteiger partial charge in [0.05, 0.1) is 28.6 Å². The molecule has 2 unspecified atom stereocenters. The van der Waals surface area contributed by atoms with E-state index < -0.39 is 51.7 Å². The number of nitrogens with zero attached hydrogens (tertiary/aromatic N) is 5. The van der Waals surface area contributed by atoms with E-state index in [1.165, 1.54) is 6.20 Å². The van der Waals surface area contributed by atoms with E-state index in [4.69, 9.17) is 5.26 Å². The van der Waals surface area contributed by atoms with Gasteiger partial charge in [0.1, 0.15) is 22.5 Å². The second kappa shape index (κ2) is 12.0. The number of carbonyl (C=O) groups is 1. The number of pyridine rings is 1. The minimum Gasteiger partial charge on any atom is -0.367 e. The van der Waals surface area contributed by atoms with Crippen molar-refractivity contribution in [3.05, 3.63) is 74.2 Å². The monoisotopic (exact) mass is 633 g/mol. The molecule has 2 N–H and O–H groups in total. The lowest BCUT2D eigenvalue weighted by molar-refractivity contribution is -0.138. The Kier molecular flexibility index (Phi) is 8.50. The third kappa shape index (κ3) is 6.04. The number of nitriles is 1. The van der Waals surface area contributed by atoms with Crippen LogP contribution in [0.4, 0.5) is 38.5 Å². The number of hydrogen-bond acceptors (Lipinski definition) is 8. The fourth-order valence-corrected chi connectivity index (χ4v) is 6.23. The minimum absolute atomic E-state index is 0.0197. The van der Waals surface area contributed by atoms with Crippen molar-refractivity contribution in [3.63, 3.8) is 0 Å². The zero-order valence-corrected chi connectivity index (χ0v) is 24.7. The van der Waals surface area contributed by atoms with Gasteiger partial charge in [-0.2, -0.15) is 18.4 Å². The van der Waals surface area contributed by atoms with Gasteiger partial charge < -0.3 is 20.1 Å². The van der Waals surface area contributed by atoms with Crippen LogP contribution in [-0.2, 0) is 6.18 Å². The van der Waals surface area contributed by atoms with E-state index in [0.29, 0.717) is 42.3 Å². The molecule has 1 amide bonds. The molecule has 1 saturated heterocycles. The van der Waals surface area contributed by atoms with Crippen LogP contribution in [0, 0.1) is 23.0 Å². The molecule has 4 heterocycles. The first kappa shape index (κ1) is 31.1. The zero-order valence-electron chi connectivity index (χ0n) is 23.9. The summed E-state index contributed by atoms with van der Waals surface area (Å²) >= 11 is 1.13. The van der Waals surface area contributed by atoms with Crippen molar-refractivity contribution in [3.8, 4) is 6.07 Å². The zero-order chi connectivity index (χ0) is 31.9. The number of piperazine rings is 1. The smallest absolute Gasteiger partial charge is 0.367 e. The topological polar surface area (TPSA) is 108 Å². The third-order valence-electron chi connectivity index (χ3n) is 7.96. The number of amides is 1. The number of hydrogen-bond donors (Lipinski definition) is 2. The van der Waals surface area contributed by atoms with Gasteiger partial charge in [-0.15, -0.1) is 0 Å². The molecule has 0 bridgehead atoms. The van der Waals surface area contributed by atoms with Crippen molar-refractivity contribution in [1.82, 2.24) is 14.9 Å². The minimum atomic E-state index is -5.05. The lowest BCUT2D eigenvalue weighted by atomic mass is 9.97. The number of aromatic amines is 1. The first-order chi connectivity index (χ1) is 20.8. The Morgan fingerprint density at radius 1 is 1.18 bits per heavy atom. The number of anilines is 3. The van der Waals surface area contributed by atoms with Crippen LogP contribution in [0.25, 0.3) is 5.57 Å². The van der Waals surface area contributed by atoms with E-state index in [0.717, 1.165) is 17.4 Å². The van der Waals surface area contributed by atoms with E-state index in [-0.39, 0.29) is 36.0 Å². The number of alkyl halides is 3. The average molecular weight is 634 g/mol. The van der Waals surface area contributed by atoms with Crippen molar-refractivity contribution in [2.45, 2.75) is 38.5 Å². The number of benzene rings is 1. The molecule has 232 valence electrons. The second-order valence-electron chi connectivity index (χ2n) is 10.8. The van der Waals surface area contributed by atoms with E-state index in [2.05, 4.69) is 20.2 Å². The predicted octanol–water partition coefficient (Wildman–Crippen LogP) is 5.07. The Balaban J connectivity index is 1.59. The Bertz CT molecular complexity index is 1720. The first-order valence-electron chi connectivity index (χ1n) is 13.7. The number of carbonyl (C=O) groups excluding carboxylic acids is 1. The molecule has 1 aromatic carbocycles. The van der Waals surface area contributed by atoms with E-state index >= 15 is 8.78 Å². The maximum atomic E-state index is 16.6. The van der Waals surface area contributed by atoms with Gasteiger partial charge in [0.15, 0.2) is 10.9 Å². The van der Waals surface area contributed by atoms with Crippen LogP contribution in [0.1, 0.15) is 46.6 Å². The summed E-state index contributed by atoms with van der Waals surface area (Å²) in [5.41, 5.74) is -4.16. The normalized spacial score (nSPS) is 19.5. The average Bonchev–Trinajstić information content (AvgIpc) is 3.46. The maximum Gasteiger partial charge on any atom is 0.417 e. The highest BCUT2D eigenvalue weighted by atomic mass is 32.1. The van der Waals surface area contributed by atoms with Gasteiger partial charge >= 0.3 is 6.18 Å². The summed E-state index contributed by atoms with van der Waals surface area (Å²) in [6.07, 6.45) is -0.958. The summed E-state index contributed by atoms with van der Waals surface area (Å²) in [5.74, 6) is -3.37. The quantitative estimate of drug-likeness (QED) is 0.378. The van der Waals surface area contributed by atoms with Crippen LogP contribution in [0.3, 0.4) is 0 Å². The molecule has 44 heavy (non-hydrogen) atoms.